The molecule has 0 saturated carbocycles. The average molecular weight is 704 g/mol. The fourth-order valence-corrected chi connectivity index (χ4v) is 5.75. The number of amides is 4. The van der Waals surface area contributed by atoms with Gasteiger partial charge in [-0.2, -0.15) is 26.3 Å². The molecule has 3 rings (SSSR count). The van der Waals surface area contributed by atoms with Gasteiger partial charge in [0.05, 0.1) is 18.0 Å². The first-order valence-corrected chi connectivity index (χ1v) is 15.8. The van der Waals surface area contributed by atoms with Gasteiger partial charge in [0.15, 0.2) is 5.54 Å². The van der Waals surface area contributed by atoms with Gasteiger partial charge in [-0.1, -0.05) is 43.7 Å². The molecule has 1 aromatic rings. The van der Waals surface area contributed by atoms with Crippen LogP contribution in [0.25, 0.3) is 0 Å². The van der Waals surface area contributed by atoms with E-state index in [4.69, 9.17) is 4.74 Å². The van der Waals surface area contributed by atoms with Crippen LogP contribution in [-0.2, 0) is 15.1 Å². The van der Waals surface area contributed by atoms with Gasteiger partial charge in [0, 0.05) is 37.3 Å². The molecule has 1 unspecified atom stereocenters. The predicted molar refractivity (Wildman–Crippen MR) is 168 cm³/mol. The Morgan fingerprint density at radius 2 is 1.78 bits per heavy atom. The molecule has 0 radical (unpaired) electrons. The number of nitrogens with one attached hydrogen (secondary N) is 1. The Bertz CT molecular complexity index is 1440. The predicted octanol–water partition coefficient (Wildman–Crippen LogP) is 5.25. The SMILES string of the molecule is C=C(/C=C(\C=C/CN1C[C@@H](C)N(C(=O)CN2C(=O)NC(C)(c3ccc(OC(C)C)cn3)C2=O)C[C@@H]1C)C(O)(C(F)(F)F)C(F)(F)F)CCC. The van der Waals surface area contributed by atoms with Crippen LogP contribution in [-0.4, -0.2) is 105 Å². The van der Waals surface area contributed by atoms with E-state index in [0.717, 1.165) is 11.0 Å². The summed E-state index contributed by atoms with van der Waals surface area (Å²) in [5.41, 5.74) is -7.82. The number of halogens is 6. The Hall–Kier alpha value is -3.92. The molecule has 3 atom stereocenters. The minimum absolute atomic E-state index is 0.0147. The Morgan fingerprint density at radius 1 is 1.14 bits per heavy atom. The van der Waals surface area contributed by atoms with E-state index >= 15 is 0 Å². The van der Waals surface area contributed by atoms with Crippen molar-refractivity contribution in [3.8, 4) is 5.75 Å². The Morgan fingerprint density at radius 3 is 2.31 bits per heavy atom. The largest absolute Gasteiger partial charge is 0.489 e. The second-order valence-corrected chi connectivity index (χ2v) is 12.8. The number of allylic oxidation sites excluding steroid dienone is 2. The lowest BCUT2D eigenvalue weighted by atomic mass is 9.89. The number of carbonyl (C=O) groups excluding carboxylic acids is 3. The third kappa shape index (κ3) is 8.46. The number of ether oxygens (including phenoxy) is 1. The molecule has 10 nitrogen and oxygen atoms in total. The van der Waals surface area contributed by atoms with Crippen molar-refractivity contribution in [2.45, 2.75) is 96.1 Å². The molecule has 16 heteroatoms. The summed E-state index contributed by atoms with van der Waals surface area (Å²) in [5, 5.41) is 12.6. The molecule has 0 bridgehead atoms. The summed E-state index contributed by atoms with van der Waals surface area (Å²) < 4.78 is 87.7. The van der Waals surface area contributed by atoms with Crippen molar-refractivity contribution in [2.24, 2.45) is 0 Å². The number of rotatable bonds is 12. The van der Waals surface area contributed by atoms with Gasteiger partial charge in [-0.15, -0.1) is 0 Å². The summed E-state index contributed by atoms with van der Waals surface area (Å²) in [6, 6.07) is 1.47. The van der Waals surface area contributed by atoms with Crippen LogP contribution in [0, 0.1) is 0 Å². The summed E-state index contributed by atoms with van der Waals surface area (Å²) in [6.45, 7) is 13.4. The molecule has 0 aromatic carbocycles. The first-order chi connectivity index (χ1) is 22.6. The lowest BCUT2D eigenvalue weighted by Crippen LogP contribution is -2.59. The number of imide groups is 1. The topological polar surface area (TPSA) is 115 Å². The third-order valence-electron chi connectivity index (χ3n) is 8.43. The van der Waals surface area contributed by atoms with E-state index in [1.54, 1.807) is 37.8 Å². The highest BCUT2D eigenvalue weighted by molar-refractivity contribution is 6.09. The van der Waals surface area contributed by atoms with Crippen molar-refractivity contribution >= 4 is 17.8 Å². The van der Waals surface area contributed by atoms with E-state index < -0.39 is 65.5 Å². The molecule has 4 amide bonds. The van der Waals surface area contributed by atoms with Gasteiger partial charge in [-0.25, -0.2) is 4.79 Å². The van der Waals surface area contributed by atoms with Crippen molar-refractivity contribution in [1.82, 2.24) is 25.0 Å². The van der Waals surface area contributed by atoms with Gasteiger partial charge in [0.1, 0.15) is 12.3 Å². The fraction of sp³-hybridized carbons (Fsp3) is 0.576. The highest BCUT2D eigenvalue weighted by Crippen LogP contribution is 2.48. The molecule has 49 heavy (non-hydrogen) atoms. The number of urea groups is 1. The summed E-state index contributed by atoms with van der Waals surface area (Å²) >= 11 is 0. The molecule has 272 valence electrons. The van der Waals surface area contributed by atoms with Gasteiger partial charge < -0.3 is 20.1 Å². The van der Waals surface area contributed by atoms with Crippen molar-refractivity contribution < 1.29 is 50.6 Å². The number of nitrogens with zero attached hydrogens (tertiary/aromatic N) is 4. The summed E-state index contributed by atoms with van der Waals surface area (Å²) in [4.78, 5) is 47.9. The Kier molecular flexibility index (Phi) is 12.0. The lowest BCUT2D eigenvalue weighted by molar-refractivity contribution is -0.350. The van der Waals surface area contributed by atoms with E-state index in [0.29, 0.717) is 24.3 Å². The summed E-state index contributed by atoms with van der Waals surface area (Å²) in [5.74, 6) is -0.734. The molecule has 2 aliphatic rings. The zero-order valence-electron chi connectivity index (χ0n) is 28.3. The van der Waals surface area contributed by atoms with Crippen LogP contribution in [0.1, 0.15) is 60.1 Å². The first-order valence-electron chi connectivity index (χ1n) is 15.8. The fourth-order valence-electron chi connectivity index (χ4n) is 5.75. The monoisotopic (exact) mass is 703 g/mol. The number of aliphatic hydroxyl groups is 1. The van der Waals surface area contributed by atoms with Crippen LogP contribution in [0.4, 0.5) is 31.1 Å². The van der Waals surface area contributed by atoms with Gasteiger partial charge in [0.25, 0.3) is 11.5 Å². The highest BCUT2D eigenvalue weighted by atomic mass is 19.4. The van der Waals surface area contributed by atoms with Gasteiger partial charge in [-0.3, -0.25) is 24.4 Å². The lowest BCUT2D eigenvalue weighted by Gasteiger charge is -2.44. The van der Waals surface area contributed by atoms with Crippen LogP contribution in [0.5, 0.6) is 5.75 Å². The number of aromatic nitrogens is 1. The van der Waals surface area contributed by atoms with Crippen molar-refractivity contribution in [3.63, 3.8) is 0 Å². The molecule has 3 heterocycles. The molecule has 2 fully saturated rings. The Labute approximate surface area is 281 Å². The zero-order chi connectivity index (χ0) is 37.1. The van der Waals surface area contributed by atoms with Crippen LogP contribution >= 0.6 is 0 Å². The third-order valence-corrected chi connectivity index (χ3v) is 8.43. The van der Waals surface area contributed by atoms with Gasteiger partial charge >= 0.3 is 18.4 Å². The van der Waals surface area contributed by atoms with E-state index in [9.17, 15) is 45.8 Å². The Balaban J connectivity index is 1.72. The van der Waals surface area contributed by atoms with E-state index in [1.165, 1.54) is 18.0 Å². The molecular weight excluding hydrogens is 660 g/mol. The summed E-state index contributed by atoms with van der Waals surface area (Å²) in [7, 11) is 0. The van der Waals surface area contributed by atoms with Crippen LogP contribution in [0.15, 0.2) is 54.3 Å². The first kappa shape index (κ1) is 39.5. The van der Waals surface area contributed by atoms with Crippen LogP contribution in [0.2, 0.25) is 0 Å². The van der Waals surface area contributed by atoms with E-state index in [1.807, 2.05) is 13.8 Å². The number of hydrogen-bond acceptors (Lipinski definition) is 7. The van der Waals surface area contributed by atoms with E-state index in [2.05, 4.69) is 16.9 Å². The molecule has 2 aliphatic heterocycles. The minimum Gasteiger partial charge on any atom is -0.489 e. The number of alkyl halides is 6. The van der Waals surface area contributed by atoms with Crippen molar-refractivity contribution in [3.05, 3.63) is 60.0 Å². The number of carbonyl (C=O) groups is 3. The quantitative estimate of drug-likeness (QED) is 0.174. The summed E-state index contributed by atoms with van der Waals surface area (Å²) in [6.07, 6.45) is -7.95. The maximum Gasteiger partial charge on any atom is 0.430 e. The molecule has 1 aromatic heterocycles. The maximum absolute atomic E-state index is 13.7. The molecular formula is C33H43F6N5O5. The maximum atomic E-state index is 13.7. The standard InChI is InChI=1S/C33H43F6N5O5/c1-8-10-21(4)15-24(31(48,32(34,35)36)33(37,38)39)11-9-14-42-17-23(6)43(18-22(42)5)27(45)19-44-28(46)30(7,41-29(44)47)26-13-12-25(16-40-26)49-20(2)3/h9,11-13,15-16,20,22-23,48H,4,8,10,14,17-19H2,1-3,5-7H3,(H,41,47)/b11-9-,24-15+/t22-,23+,30?/m0/s1. The van der Waals surface area contributed by atoms with E-state index in [-0.39, 0.29) is 43.4 Å². The van der Waals surface area contributed by atoms with Crippen LogP contribution in [0.3, 0.4) is 0 Å². The molecule has 2 saturated heterocycles. The van der Waals surface area contributed by atoms with Gasteiger partial charge in [0.2, 0.25) is 5.91 Å². The second-order valence-electron chi connectivity index (χ2n) is 12.8. The minimum atomic E-state index is -6.06. The smallest absolute Gasteiger partial charge is 0.430 e. The van der Waals surface area contributed by atoms with Gasteiger partial charge in [-0.05, 0) is 53.2 Å². The van der Waals surface area contributed by atoms with Crippen molar-refractivity contribution in [2.75, 3.05) is 26.2 Å². The van der Waals surface area contributed by atoms with Crippen LogP contribution < -0.4 is 10.1 Å². The number of hydrogen-bond donors (Lipinski definition) is 2. The molecule has 2 N–H and O–H groups in total. The molecule has 0 aliphatic carbocycles. The average Bonchev–Trinajstić information content (AvgIpc) is 3.20. The second kappa shape index (κ2) is 14.9. The number of piperazine rings is 1. The molecule has 0 spiro atoms. The normalized spacial score (nSPS) is 23.1. The highest BCUT2D eigenvalue weighted by Gasteiger charge is 2.71. The number of pyridine rings is 1. The zero-order valence-corrected chi connectivity index (χ0v) is 28.3. The van der Waals surface area contributed by atoms with Crippen molar-refractivity contribution in [1.29, 1.82) is 0 Å².